The first kappa shape index (κ1) is 11.1. The van der Waals surface area contributed by atoms with Gasteiger partial charge in [0.1, 0.15) is 0 Å². The minimum Gasteiger partial charge on any atom is -0.0770 e. The number of benzene rings is 1. The summed E-state index contributed by atoms with van der Waals surface area (Å²) >= 11 is 0. The van der Waals surface area contributed by atoms with Gasteiger partial charge in [-0.15, -0.1) is 0 Å². The lowest BCUT2D eigenvalue weighted by Gasteiger charge is -2.20. The lowest BCUT2D eigenvalue weighted by atomic mass is 9.85. The number of allylic oxidation sites excluding steroid dienone is 2. The smallest absolute Gasteiger partial charge is 0.0157 e. The first-order chi connectivity index (χ1) is 7.97. The topological polar surface area (TPSA) is 0 Å². The van der Waals surface area contributed by atoms with E-state index >= 15 is 0 Å². The van der Waals surface area contributed by atoms with E-state index in [2.05, 4.69) is 58.0 Å². The molecule has 1 aromatic rings. The number of hydrogen-bond donors (Lipinski definition) is 0. The second kappa shape index (κ2) is 3.48. The van der Waals surface area contributed by atoms with Gasteiger partial charge < -0.3 is 0 Å². The van der Waals surface area contributed by atoms with Crippen LogP contribution in [0.5, 0.6) is 0 Å². The molecule has 1 fully saturated rings. The normalized spacial score (nSPS) is 31.1. The molecular formula is C17H22. The molecule has 1 saturated carbocycles. The van der Waals surface area contributed by atoms with E-state index in [1.165, 1.54) is 17.5 Å². The molecule has 0 spiro atoms. The zero-order chi connectivity index (χ0) is 12.2. The molecule has 0 aromatic heterocycles. The highest BCUT2D eigenvalue weighted by Gasteiger charge is 2.56. The lowest BCUT2D eigenvalue weighted by molar-refractivity contribution is 0.322. The van der Waals surface area contributed by atoms with Gasteiger partial charge in [0, 0.05) is 0 Å². The molecule has 0 amide bonds. The van der Waals surface area contributed by atoms with Gasteiger partial charge in [0.25, 0.3) is 0 Å². The molecule has 0 heteroatoms. The van der Waals surface area contributed by atoms with Crippen LogP contribution < -0.4 is 0 Å². The van der Waals surface area contributed by atoms with Crippen molar-refractivity contribution in [2.24, 2.45) is 23.2 Å². The maximum Gasteiger partial charge on any atom is -0.0157 e. The van der Waals surface area contributed by atoms with Gasteiger partial charge in [-0.05, 0) is 47.6 Å². The molecular weight excluding hydrogens is 204 g/mol. The Kier molecular flexibility index (Phi) is 2.26. The molecule has 2 aliphatic rings. The van der Waals surface area contributed by atoms with Crippen molar-refractivity contribution in [1.29, 1.82) is 0 Å². The van der Waals surface area contributed by atoms with E-state index in [0.29, 0.717) is 5.41 Å². The average molecular weight is 226 g/mol. The molecule has 3 atom stereocenters. The van der Waals surface area contributed by atoms with Crippen LogP contribution in [0, 0.1) is 30.1 Å². The van der Waals surface area contributed by atoms with Crippen LogP contribution in [0.15, 0.2) is 30.3 Å². The predicted octanol–water partition coefficient (Wildman–Crippen LogP) is 4.69. The fourth-order valence-electron chi connectivity index (χ4n) is 3.65. The van der Waals surface area contributed by atoms with E-state index in [4.69, 9.17) is 0 Å². The number of rotatable bonds is 1. The third-order valence-electron chi connectivity index (χ3n) is 4.50. The first-order valence-corrected chi connectivity index (χ1v) is 6.74. The van der Waals surface area contributed by atoms with Gasteiger partial charge >= 0.3 is 0 Å². The minimum atomic E-state index is 0.491. The maximum atomic E-state index is 2.55. The first-order valence-electron chi connectivity index (χ1n) is 6.74. The molecule has 17 heavy (non-hydrogen) atoms. The monoisotopic (exact) mass is 226 g/mol. The van der Waals surface area contributed by atoms with Crippen LogP contribution in [-0.4, -0.2) is 0 Å². The standard InChI is InChI=1S/C17H22/c1-11-5-7-12(8-6-11)13-9-14-15(10-13)16(14)17(2,3)4/h5-9,14-16H,10H2,1-4H3. The predicted molar refractivity (Wildman–Crippen MR) is 73.7 cm³/mol. The third-order valence-corrected chi connectivity index (χ3v) is 4.50. The molecule has 0 radical (unpaired) electrons. The van der Waals surface area contributed by atoms with Gasteiger partial charge in [-0.1, -0.05) is 56.7 Å². The van der Waals surface area contributed by atoms with Crippen LogP contribution in [0.1, 0.15) is 38.3 Å². The van der Waals surface area contributed by atoms with E-state index in [1.54, 1.807) is 5.57 Å². The van der Waals surface area contributed by atoms with Crippen molar-refractivity contribution in [2.75, 3.05) is 0 Å². The summed E-state index contributed by atoms with van der Waals surface area (Å²) in [6, 6.07) is 9.00. The zero-order valence-corrected chi connectivity index (χ0v) is 11.3. The van der Waals surface area contributed by atoms with Crippen molar-refractivity contribution >= 4 is 5.57 Å². The molecule has 0 bridgehead atoms. The SMILES string of the molecule is Cc1ccc(C2=CC3C(C2)C3C(C)(C)C)cc1. The highest BCUT2D eigenvalue weighted by Crippen LogP contribution is 2.64. The Morgan fingerprint density at radius 3 is 2.18 bits per heavy atom. The average Bonchev–Trinajstić information content (AvgIpc) is 2.78. The quantitative estimate of drug-likeness (QED) is 0.651. The van der Waals surface area contributed by atoms with Gasteiger partial charge in [-0.2, -0.15) is 0 Å². The second-order valence-corrected chi connectivity index (χ2v) is 6.90. The third kappa shape index (κ3) is 1.84. The summed E-state index contributed by atoms with van der Waals surface area (Å²) in [6.07, 6.45) is 3.85. The summed E-state index contributed by atoms with van der Waals surface area (Å²) < 4.78 is 0. The molecule has 1 aromatic carbocycles. The Labute approximate surface area is 105 Å². The molecule has 0 nitrogen and oxygen atoms in total. The molecule has 90 valence electrons. The molecule has 3 unspecified atom stereocenters. The van der Waals surface area contributed by atoms with E-state index in [9.17, 15) is 0 Å². The number of hydrogen-bond acceptors (Lipinski definition) is 0. The second-order valence-electron chi connectivity index (χ2n) is 6.90. The van der Waals surface area contributed by atoms with Gasteiger partial charge in [-0.25, -0.2) is 0 Å². The summed E-state index contributed by atoms with van der Waals surface area (Å²) in [5.74, 6) is 2.73. The van der Waals surface area contributed by atoms with Crippen LogP contribution >= 0.6 is 0 Å². The maximum absolute atomic E-state index is 2.55. The summed E-state index contributed by atoms with van der Waals surface area (Å²) in [7, 11) is 0. The van der Waals surface area contributed by atoms with Crippen molar-refractivity contribution in [3.8, 4) is 0 Å². The molecule has 3 rings (SSSR count). The fraction of sp³-hybridized carbons (Fsp3) is 0.529. The van der Waals surface area contributed by atoms with Crippen LogP contribution in [0.3, 0.4) is 0 Å². The number of aryl methyl sites for hydroxylation is 1. The van der Waals surface area contributed by atoms with Crippen LogP contribution in [0.4, 0.5) is 0 Å². The van der Waals surface area contributed by atoms with Gasteiger partial charge in [0.15, 0.2) is 0 Å². The Bertz CT molecular complexity index is 456. The van der Waals surface area contributed by atoms with Crippen molar-refractivity contribution in [3.05, 3.63) is 41.5 Å². The largest absolute Gasteiger partial charge is 0.0770 e. The van der Waals surface area contributed by atoms with Crippen molar-refractivity contribution in [1.82, 2.24) is 0 Å². The van der Waals surface area contributed by atoms with E-state index in [0.717, 1.165) is 17.8 Å². The Morgan fingerprint density at radius 2 is 1.71 bits per heavy atom. The molecule has 0 N–H and O–H groups in total. The fourth-order valence-corrected chi connectivity index (χ4v) is 3.65. The summed E-state index contributed by atoms with van der Waals surface area (Å²) in [5, 5.41) is 0. The van der Waals surface area contributed by atoms with E-state index < -0.39 is 0 Å². The summed E-state index contributed by atoms with van der Waals surface area (Å²) in [6.45, 7) is 9.31. The van der Waals surface area contributed by atoms with E-state index in [-0.39, 0.29) is 0 Å². The summed E-state index contributed by atoms with van der Waals surface area (Å²) in [4.78, 5) is 0. The van der Waals surface area contributed by atoms with Crippen molar-refractivity contribution in [3.63, 3.8) is 0 Å². The van der Waals surface area contributed by atoms with Crippen LogP contribution in [0.25, 0.3) is 5.57 Å². The Balaban J connectivity index is 1.78. The molecule has 2 aliphatic carbocycles. The van der Waals surface area contributed by atoms with E-state index in [1.807, 2.05) is 0 Å². The molecule has 0 heterocycles. The molecule has 0 aliphatic heterocycles. The van der Waals surface area contributed by atoms with Crippen LogP contribution in [0.2, 0.25) is 0 Å². The van der Waals surface area contributed by atoms with Crippen molar-refractivity contribution in [2.45, 2.75) is 34.1 Å². The zero-order valence-electron chi connectivity index (χ0n) is 11.3. The molecule has 0 saturated heterocycles. The van der Waals surface area contributed by atoms with Gasteiger partial charge in [-0.3, -0.25) is 0 Å². The Hall–Kier alpha value is -1.04. The minimum absolute atomic E-state index is 0.491. The highest BCUT2D eigenvalue weighted by molar-refractivity contribution is 5.70. The Morgan fingerprint density at radius 1 is 1.06 bits per heavy atom. The summed E-state index contributed by atoms with van der Waals surface area (Å²) in [5.41, 5.74) is 4.87. The van der Waals surface area contributed by atoms with Gasteiger partial charge in [0.05, 0.1) is 0 Å². The van der Waals surface area contributed by atoms with Crippen LogP contribution in [-0.2, 0) is 0 Å². The van der Waals surface area contributed by atoms with Gasteiger partial charge in [0.2, 0.25) is 0 Å². The highest BCUT2D eigenvalue weighted by atomic mass is 14.6. The lowest BCUT2D eigenvalue weighted by Crippen LogP contribution is -2.11. The van der Waals surface area contributed by atoms with Crippen molar-refractivity contribution < 1.29 is 0 Å². The number of fused-ring (bicyclic) bond motifs is 1.